The van der Waals surface area contributed by atoms with Crippen LogP contribution in [-0.4, -0.2) is 58.4 Å². The number of halogens is 2. The lowest BCUT2D eigenvalue weighted by atomic mass is 10.1. The number of fused-ring (bicyclic) bond motifs is 1. The minimum Gasteiger partial charge on any atom is -0.484 e. The first-order valence-corrected chi connectivity index (χ1v) is 15.8. The van der Waals surface area contributed by atoms with Gasteiger partial charge in [0.05, 0.1) is 58.5 Å². The number of carbonyl (C=O) groups is 1. The van der Waals surface area contributed by atoms with E-state index in [-0.39, 0.29) is 29.0 Å². The molecule has 13 heteroatoms. The van der Waals surface area contributed by atoms with Gasteiger partial charge >= 0.3 is 5.97 Å². The van der Waals surface area contributed by atoms with E-state index in [9.17, 15) is 14.3 Å². The molecule has 1 aliphatic heterocycles. The van der Waals surface area contributed by atoms with Gasteiger partial charge in [-0.05, 0) is 75.3 Å². The first kappa shape index (κ1) is 31.2. The van der Waals surface area contributed by atoms with Crippen LogP contribution in [0.5, 0.6) is 5.75 Å². The van der Waals surface area contributed by atoms with E-state index >= 15 is 4.39 Å². The molecule has 0 atom stereocenters. The van der Waals surface area contributed by atoms with Crippen LogP contribution >= 0.6 is 11.8 Å². The van der Waals surface area contributed by atoms with E-state index < -0.39 is 17.6 Å². The Morgan fingerprint density at radius 2 is 1.93 bits per heavy atom. The zero-order chi connectivity index (χ0) is 32.2. The number of hydrogen-bond acceptors (Lipinski definition) is 8. The number of pyridine rings is 1. The Balaban J connectivity index is 1.11. The molecule has 1 fully saturated rings. The number of aromatic nitrogens is 5. The van der Waals surface area contributed by atoms with Crippen molar-refractivity contribution in [1.82, 2.24) is 29.0 Å². The molecule has 5 aromatic rings. The van der Waals surface area contributed by atoms with E-state index in [1.807, 2.05) is 40.3 Å². The monoisotopic (exact) mass is 643 g/mol. The topological polar surface area (TPSA) is 122 Å². The Bertz CT molecular complexity index is 1930. The number of nitrogens with zero attached hydrogens (tertiary/aromatic N) is 7. The van der Waals surface area contributed by atoms with Gasteiger partial charge in [-0.2, -0.15) is 5.26 Å². The molecule has 0 unspecified atom stereocenters. The molecule has 0 saturated carbocycles. The molecule has 46 heavy (non-hydrogen) atoms. The highest BCUT2D eigenvalue weighted by atomic mass is 32.2. The first-order chi connectivity index (χ1) is 22.3. The number of likely N-dealkylation sites (tertiary alicyclic amines) is 1. The van der Waals surface area contributed by atoms with Gasteiger partial charge < -0.3 is 19.0 Å². The summed E-state index contributed by atoms with van der Waals surface area (Å²) in [5.74, 6) is -1.70. The number of benzene rings is 2. The second-order valence-electron chi connectivity index (χ2n) is 11.0. The van der Waals surface area contributed by atoms with Crippen molar-refractivity contribution in [3.8, 4) is 11.8 Å². The molecule has 236 valence electrons. The van der Waals surface area contributed by atoms with Crippen LogP contribution in [0.25, 0.3) is 11.0 Å². The number of rotatable bonds is 11. The number of aromatic carboxylic acids is 1. The Labute approximate surface area is 268 Å². The number of carboxylic acids is 1. The minimum atomic E-state index is -1.19. The third kappa shape index (κ3) is 6.88. The predicted molar refractivity (Wildman–Crippen MR) is 167 cm³/mol. The molecule has 6 rings (SSSR count). The normalized spacial score (nSPS) is 14.0. The first-order valence-electron chi connectivity index (χ1n) is 14.9. The molecule has 4 heterocycles. The van der Waals surface area contributed by atoms with Crippen LogP contribution in [0.2, 0.25) is 0 Å². The summed E-state index contributed by atoms with van der Waals surface area (Å²) in [6.45, 7) is 5.32. The average molecular weight is 644 g/mol. The molecule has 3 aromatic heterocycles. The number of carboxylic acid groups (broad SMARTS) is 1. The fraction of sp³-hybridized carbons (Fsp3) is 0.303. The fourth-order valence-electron chi connectivity index (χ4n) is 5.58. The maximum atomic E-state index is 15.1. The maximum Gasteiger partial charge on any atom is 0.335 e. The SMILES string of the molecule is CCn1cncc1Cn1c(CN2CCC(Sc3cccc(COc4ccc(C#N)cc4F)n3)CC2)nc2c(F)cc(C(=O)O)cc21. The lowest BCUT2D eigenvalue weighted by Gasteiger charge is -2.31. The number of nitriles is 1. The summed E-state index contributed by atoms with van der Waals surface area (Å²) in [5, 5.41) is 19.7. The minimum absolute atomic E-state index is 0.0702. The summed E-state index contributed by atoms with van der Waals surface area (Å²) in [6.07, 6.45) is 5.32. The van der Waals surface area contributed by atoms with Crippen LogP contribution in [0.15, 0.2) is 66.1 Å². The van der Waals surface area contributed by atoms with Gasteiger partial charge in [0.15, 0.2) is 17.4 Å². The van der Waals surface area contributed by atoms with E-state index in [4.69, 9.17) is 15.0 Å². The van der Waals surface area contributed by atoms with E-state index in [1.165, 1.54) is 18.2 Å². The summed E-state index contributed by atoms with van der Waals surface area (Å²) in [6, 6.07) is 14.2. The lowest BCUT2D eigenvalue weighted by Crippen LogP contribution is -2.35. The van der Waals surface area contributed by atoms with Crippen LogP contribution < -0.4 is 4.74 Å². The van der Waals surface area contributed by atoms with Gasteiger partial charge in [0.1, 0.15) is 17.9 Å². The van der Waals surface area contributed by atoms with E-state index in [1.54, 1.807) is 24.3 Å². The maximum absolute atomic E-state index is 15.1. The Kier molecular flexibility index (Phi) is 9.28. The standard InChI is InChI=1S/C33H31F2N7O3S/c1-2-41-20-37-16-24(41)17-42-28-14-22(33(43)44)13-27(35)32(28)39-30(42)18-40-10-8-25(9-11-40)46-31-5-3-4-23(38-31)19-45-29-7-6-21(15-36)12-26(29)34/h3-7,12-14,16,20,25H,2,8-11,17-19H2,1H3,(H,43,44). The molecular formula is C33H31F2N7O3S. The Morgan fingerprint density at radius 3 is 2.67 bits per heavy atom. The van der Waals surface area contributed by atoms with Gasteiger partial charge in [-0.3, -0.25) is 4.90 Å². The van der Waals surface area contributed by atoms with Crippen molar-refractivity contribution in [2.24, 2.45) is 0 Å². The molecule has 0 aliphatic carbocycles. The Morgan fingerprint density at radius 1 is 1.11 bits per heavy atom. The van der Waals surface area contributed by atoms with Crippen molar-refractivity contribution < 1.29 is 23.4 Å². The second-order valence-corrected chi connectivity index (χ2v) is 12.3. The molecule has 0 bridgehead atoms. The smallest absolute Gasteiger partial charge is 0.335 e. The van der Waals surface area contributed by atoms with Gasteiger partial charge in [0, 0.05) is 18.0 Å². The molecule has 0 amide bonds. The van der Waals surface area contributed by atoms with Crippen LogP contribution in [0, 0.1) is 23.0 Å². The van der Waals surface area contributed by atoms with Gasteiger partial charge in [-0.15, -0.1) is 11.8 Å². The largest absolute Gasteiger partial charge is 0.484 e. The Hall–Kier alpha value is -4.80. The molecule has 10 nitrogen and oxygen atoms in total. The van der Waals surface area contributed by atoms with Gasteiger partial charge in [0.2, 0.25) is 0 Å². The van der Waals surface area contributed by atoms with Crippen molar-refractivity contribution in [3.63, 3.8) is 0 Å². The molecule has 0 radical (unpaired) electrons. The summed E-state index contributed by atoms with van der Waals surface area (Å²) in [5.41, 5.74) is 2.30. The quantitative estimate of drug-likeness (QED) is 0.188. The van der Waals surface area contributed by atoms with Gasteiger partial charge in [-0.1, -0.05) is 6.07 Å². The van der Waals surface area contributed by atoms with Crippen molar-refractivity contribution in [2.45, 2.75) is 56.3 Å². The number of imidazole rings is 2. The predicted octanol–water partition coefficient (Wildman–Crippen LogP) is 5.88. The third-order valence-corrected chi connectivity index (χ3v) is 9.27. The molecule has 1 N–H and O–H groups in total. The van der Waals surface area contributed by atoms with Crippen molar-refractivity contribution in [2.75, 3.05) is 13.1 Å². The van der Waals surface area contributed by atoms with Crippen LogP contribution in [-0.2, 0) is 26.2 Å². The number of aryl methyl sites for hydroxylation is 1. The molecule has 2 aromatic carbocycles. The van der Waals surface area contributed by atoms with E-state index in [0.717, 1.165) is 55.3 Å². The summed E-state index contributed by atoms with van der Waals surface area (Å²) in [4.78, 5) is 27.6. The number of ether oxygens (including phenoxy) is 1. The van der Waals surface area contributed by atoms with Crippen LogP contribution in [0.4, 0.5) is 8.78 Å². The van der Waals surface area contributed by atoms with Crippen molar-refractivity contribution in [1.29, 1.82) is 5.26 Å². The van der Waals surface area contributed by atoms with Gasteiger partial charge in [-0.25, -0.2) is 28.5 Å². The van der Waals surface area contributed by atoms with Crippen LogP contribution in [0.1, 0.15) is 52.9 Å². The van der Waals surface area contributed by atoms with Crippen molar-refractivity contribution >= 4 is 28.8 Å². The summed E-state index contributed by atoms with van der Waals surface area (Å²) < 4.78 is 38.8. The van der Waals surface area contributed by atoms with Crippen molar-refractivity contribution in [3.05, 3.63) is 101 Å². The van der Waals surface area contributed by atoms with E-state index in [2.05, 4.69) is 14.9 Å². The zero-order valence-corrected chi connectivity index (χ0v) is 25.9. The number of thioether (sulfide) groups is 1. The molecule has 1 saturated heterocycles. The van der Waals surface area contributed by atoms with Crippen LogP contribution in [0.3, 0.4) is 0 Å². The highest BCUT2D eigenvalue weighted by Crippen LogP contribution is 2.31. The van der Waals surface area contributed by atoms with E-state index in [0.29, 0.717) is 35.4 Å². The summed E-state index contributed by atoms with van der Waals surface area (Å²) >= 11 is 1.70. The average Bonchev–Trinajstić information content (AvgIpc) is 3.66. The second kappa shape index (κ2) is 13.7. The molecule has 0 spiro atoms. The highest BCUT2D eigenvalue weighted by molar-refractivity contribution is 7.99. The highest BCUT2D eigenvalue weighted by Gasteiger charge is 2.24. The van der Waals surface area contributed by atoms with Gasteiger partial charge in [0.25, 0.3) is 0 Å². The summed E-state index contributed by atoms with van der Waals surface area (Å²) in [7, 11) is 0. The number of piperidine rings is 1. The third-order valence-electron chi connectivity index (χ3n) is 8.00. The number of hydrogen-bond donors (Lipinski definition) is 1. The lowest BCUT2D eigenvalue weighted by molar-refractivity contribution is 0.0696. The molecule has 1 aliphatic rings. The fourth-order valence-corrected chi connectivity index (χ4v) is 6.69. The molecular weight excluding hydrogens is 612 g/mol. The zero-order valence-electron chi connectivity index (χ0n) is 25.1.